The van der Waals surface area contributed by atoms with Gasteiger partial charge in [-0.1, -0.05) is 19.8 Å². The van der Waals surface area contributed by atoms with Gasteiger partial charge in [0.25, 0.3) is 0 Å². The lowest BCUT2D eigenvalue weighted by atomic mass is 10.0. The fourth-order valence-electron chi connectivity index (χ4n) is 2.04. The van der Waals surface area contributed by atoms with Crippen LogP contribution in [0.3, 0.4) is 0 Å². The summed E-state index contributed by atoms with van der Waals surface area (Å²) in [6, 6.07) is 0.735. The largest absolute Gasteiger partial charge is 0.313 e. The van der Waals surface area contributed by atoms with Gasteiger partial charge in [0.1, 0.15) is 0 Å². The molecule has 0 saturated heterocycles. The van der Waals surface area contributed by atoms with E-state index in [-0.39, 0.29) is 0 Å². The second-order valence-corrected chi connectivity index (χ2v) is 4.22. The highest BCUT2D eigenvalue weighted by Gasteiger charge is 2.14. The number of hydrogen-bond acceptors (Lipinski definition) is 1. The number of terminal acetylenes is 1. The summed E-state index contributed by atoms with van der Waals surface area (Å²) in [4.78, 5) is 0. The van der Waals surface area contributed by atoms with Crippen LogP contribution >= 0.6 is 0 Å². The first kappa shape index (κ1) is 10.6. The molecule has 0 aromatic heterocycles. The van der Waals surface area contributed by atoms with Crippen LogP contribution in [-0.2, 0) is 0 Å². The summed E-state index contributed by atoms with van der Waals surface area (Å²) >= 11 is 0. The van der Waals surface area contributed by atoms with Crippen LogP contribution in [0.1, 0.15) is 45.4 Å². The third-order valence-electron chi connectivity index (χ3n) is 2.96. The first-order chi connectivity index (χ1) is 6.33. The molecule has 1 nitrogen and oxygen atoms in total. The molecule has 2 atom stereocenters. The summed E-state index contributed by atoms with van der Waals surface area (Å²) in [5.74, 6) is 3.60. The van der Waals surface area contributed by atoms with Crippen LogP contribution < -0.4 is 5.32 Å². The van der Waals surface area contributed by atoms with Gasteiger partial charge in [-0.25, -0.2) is 0 Å². The molecule has 1 saturated carbocycles. The van der Waals surface area contributed by atoms with Gasteiger partial charge in [-0.3, -0.25) is 0 Å². The second-order valence-electron chi connectivity index (χ2n) is 4.22. The van der Waals surface area contributed by atoms with Gasteiger partial charge in [-0.15, -0.1) is 12.3 Å². The molecule has 74 valence electrons. The van der Waals surface area contributed by atoms with Crippen LogP contribution in [0.4, 0.5) is 0 Å². The molecule has 0 aliphatic heterocycles. The maximum absolute atomic E-state index is 5.21. The van der Waals surface area contributed by atoms with Crippen molar-refractivity contribution >= 4 is 0 Å². The van der Waals surface area contributed by atoms with Crippen LogP contribution in [0.2, 0.25) is 0 Å². The Morgan fingerprint density at radius 2 is 2.15 bits per heavy atom. The highest BCUT2D eigenvalue weighted by Crippen LogP contribution is 2.22. The fourth-order valence-corrected chi connectivity index (χ4v) is 2.04. The summed E-state index contributed by atoms with van der Waals surface area (Å²) in [7, 11) is 0. The smallest absolute Gasteiger partial charge is 0.0211 e. The van der Waals surface area contributed by atoms with E-state index in [0.29, 0.717) is 0 Å². The number of nitrogens with one attached hydrogen (secondary N) is 1. The monoisotopic (exact) mass is 179 g/mol. The van der Waals surface area contributed by atoms with Gasteiger partial charge in [-0.2, -0.15) is 0 Å². The third-order valence-corrected chi connectivity index (χ3v) is 2.96. The highest BCUT2D eigenvalue weighted by atomic mass is 14.9. The van der Waals surface area contributed by atoms with Crippen molar-refractivity contribution in [2.24, 2.45) is 5.92 Å². The molecule has 0 aromatic carbocycles. The quantitative estimate of drug-likeness (QED) is 0.399. The molecule has 13 heavy (non-hydrogen) atoms. The molecule has 1 aliphatic carbocycles. The van der Waals surface area contributed by atoms with E-state index >= 15 is 0 Å². The summed E-state index contributed by atoms with van der Waals surface area (Å²) in [5.41, 5.74) is 0. The van der Waals surface area contributed by atoms with E-state index < -0.39 is 0 Å². The molecule has 1 aliphatic rings. The van der Waals surface area contributed by atoms with Crippen LogP contribution in [0.25, 0.3) is 0 Å². The molecular weight excluding hydrogens is 158 g/mol. The Balaban J connectivity index is 2.15. The summed E-state index contributed by atoms with van der Waals surface area (Å²) in [5, 5.41) is 3.54. The van der Waals surface area contributed by atoms with E-state index in [1.807, 2.05) is 0 Å². The maximum Gasteiger partial charge on any atom is 0.0211 e. The molecular formula is C12H21N. The summed E-state index contributed by atoms with van der Waals surface area (Å²) in [6.07, 6.45) is 12.9. The lowest BCUT2D eigenvalue weighted by molar-refractivity contribution is 0.453. The van der Waals surface area contributed by atoms with Crippen molar-refractivity contribution in [1.29, 1.82) is 0 Å². The number of hydrogen-bond donors (Lipinski definition) is 1. The molecule has 2 unspecified atom stereocenters. The van der Waals surface area contributed by atoms with Gasteiger partial charge >= 0.3 is 0 Å². The Morgan fingerprint density at radius 3 is 2.92 bits per heavy atom. The molecule has 1 fully saturated rings. The molecule has 0 amide bonds. The Labute approximate surface area is 82.3 Å². The van der Waals surface area contributed by atoms with Gasteiger partial charge < -0.3 is 5.32 Å². The molecule has 0 radical (unpaired) electrons. The predicted molar refractivity (Wildman–Crippen MR) is 57.5 cm³/mol. The minimum Gasteiger partial charge on any atom is -0.313 e. The van der Waals surface area contributed by atoms with Crippen LogP contribution in [0.5, 0.6) is 0 Å². The van der Waals surface area contributed by atoms with Crippen molar-refractivity contribution in [3.63, 3.8) is 0 Å². The first-order valence-electron chi connectivity index (χ1n) is 5.49. The minimum atomic E-state index is 0.735. The molecule has 1 rings (SSSR count). The molecule has 0 spiro atoms. The van der Waals surface area contributed by atoms with Gasteiger partial charge in [-0.05, 0) is 25.2 Å². The van der Waals surface area contributed by atoms with Crippen LogP contribution in [0, 0.1) is 18.3 Å². The highest BCUT2D eigenvalue weighted by molar-refractivity contribution is 4.85. The van der Waals surface area contributed by atoms with Gasteiger partial charge in [0.15, 0.2) is 0 Å². The fraction of sp³-hybridized carbons (Fsp3) is 0.833. The van der Waals surface area contributed by atoms with Gasteiger partial charge in [0.2, 0.25) is 0 Å². The van der Waals surface area contributed by atoms with Crippen molar-refractivity contribution < 1.29 is 0 Å². The van der Waals surface area contributed by atoms with E-state index in [1.165, 1.54) is 32.1 Å². The Bertz CT molecular complexity index is 168. The van der Waals surface area contributed by atoms with E-state index in [1.54, 1.807) is 0 Å². The van der Waals surface area contributed by atoms with Gasteiger partial charge in [0.05, 0.1) is 0 Å². The lowest BCUT2D eigenvalue weighted by Crippen LogP contribution is -2.29. The average molecular weight is 179 g/mol. The van der Waals surface area contributed by atoms with E-state index in [0.717, 1.165) is 24.9 Å². The summed E-state index contributed by atoms with van der Waals surface area (Å²) < 4.78 is 0. The summed E-state index contributed by atoms with van der Waals surface area (Å²) in [6.45, 7) is 3.36. The molecule has 0 aromatic rings. The Kier molecular flexibility index (Phi) is 4.93. The minimum absolute atomic E-state index is 0.735. The Morgan fingerprint density at radius 1 is 1.31 bits per heavy atom. The third kappa shape index (κ3) is 4.33. The van der Waals surface area contributed by atoms with Crippen molar-refractivity contribution in [2.45, 2.75) is 51.5 Å². The zero-order valence-corrected chi connectivity index (χ0v) is 8.68. The predicted octanol–water partition coefficient (Wildman–Crippen LogP) is 2.57. The van der Waals surface area contributed by atoms with E-state index in [4.69, 9.17) is 6.42 Å². The SMILES string of the molecule is C#CCCNC1CCCC(C)CC1. The zero-order valence-electron chi connectivity index (χ0n) is 8.68. The molecule has 1 N–H and O–H groups in total. The van der Waals surface area contributed by atoms with E-state index in [9.17, 15) is 0 Å². The van der Waals surface area contributed by atoms with Crippen molar-refractivity contribution in [2.75, 3.05) is 6.54 Å². The van der Waals surface area contributed by atoms with Crippen LogP contribution in [0.15, 0.2) is 0 Å². The van der Waals surface area contributed by atoms with Crippen LogP contribution in [-0.4, -0.2) is 12.6 Å². The van der Waals surface area contributed by atoms with Crippen molar-refractivity contribution in [1.82, 2.24) is 5.32 Å². The standard InChI is InChI=1S/C12H21N/c1-3-4-10-13-12-7-5-6-11(2)8-9-12/h1,11-13H,4-10H2,2H3. The molecule has 0 heterocycles. The molecule has 1 heteroatoms. The second kappa shape index (κ2) is 6.05. The topological polar surface area (TPSA) is 12.0 Å². The maximum atomic E-state index is 5.21. The van der Waals surface area contributed by atoms with E-state index in [2.05, 4.69) is 18.2 Å². The van der Waals surface area contributed by atoms with Crippen molar-refractivity contribution in [3.8, 4) is 12.3 Å². The number of rotatable bonds is 3. The zero-order chi connectivity index (χ0) is 9.52. The normalized spacial score (nSPS) is 29.2. The lowest BCUT2D eigenvalue weighted by Gasteiger charge is -2.15. The first-order valence-corrected chi connectivity index (χ1v) is 5.49. The average Bonchev–Trinajstić information content (AvgIpc) is 2.32. The van der Waals surface area contributed by atoms with Gasteiger partial charge in [0, 0.05) is 19.0 Å². The molecule has 0 bridgehead atoms. The Hall–Kier alpha value is -0.480. The van der Waals surface area contributed by atoms with Crippen molar-refractivity contribution in [3.05, 3.63) is 0 Å².